The van der Waals surface area contributed by atoms with Gasteiger partial charge in [0, 0.05) is 0 Å². The van der Waals surface area contributed by atoms with Crippen molar-refractivity contribution < 1.29 is 26.7 Å². The summed E-state index contributed by atoms with van der Waals surface area (Å²) in [5.74, 6) is -2.21. The molecule has 0 bridgehead atoms. The standard InChI is InChI=1S/C14H8F5NO/c15-11-5-8(1-3-10(11)14(17,18)19)9-2-4-13(20-7-21)12(16)6-9/h1-7H,(H,20,21). The summed E-state index contributed by atoms with van der Waals surface area (Å²) in [7, 11) is 0. The fraction of sp³-hybridized carbons (Fsp3) is 0.0714. The molecule has 0 aromatic heterocycles. The Bertz CT molecular complexity index is 682. The number of benzene rings is 2. The molecule has 0 saturated carbocycles. The van der Waals surface area contributed by atoms with Gasteiger partial charge in [-0.2, -0.15) is 13.2 Å². The second-order valence-corrected chi connectivity index (χ2v) is 4.15. The van der Waals surface area contributed by atoms with E-state index in [0.29, 0.717) is 12.1 Å². The van der Waals surface area contributed by atoms with Crippen LogP contribution in [0.15, 0.2) is 36.4 Å². The molecule has 0 aliphatic rings. The zero-order valence-corrected chi connectivity index (χ0v) is 10.3. The summed E-state index contributed by atoms with van der Waals surface area (Å²) >= 11 is 0. The molecule has 2 aromatic carbocycles. The summed E-state index contributed by atoms with van der Waals surface area (Å²) in [5, 5.41) is 2.12. The predicted molar refractivity (Wildman–Crippen MR) is 66.5 cm³/mol. The van der Waals surface area contributed by atoms with Crippen LogP contribution < -0.4 is 5.32 Å². The van der Waals surface area contributed by atoms with E-state index in [1.54, 1.807) is 0 Å². The number of rotatable bonds is 3. The molecule has 0 spiro atoms. The van der Waals surface area contributed by atoms with E-state index in [9.17, 15) is 26.7 Å². The lowest BCUT2D eigenvalue weighted by molar-refractivity contribution is -0.140. The molecule has 1 amide bonds. The number of carbonyl (C=O) groups excluding carboxylic acids is 1. The lowest BCUT2D eigenvalue weighted by Gasteiger charge is -2.10. The molecule has 0 radical (unpaired) electrons. The summed E-state index contributed by atoms with van der Waals surface area (Å²) in [6.07, 6.45) is -4.50. The average molecular weight is 301 g/mol. The maximum Gasteiger partial charge on any atom is 0.419 e. The van der Waals surface area contributed by atoms with Crippen LogP contribution in [0.25, 0.3) is 11.1 Å². The van der Waals surface area contributed by atoms with E-state index in [4.69, 9.17) is 0 Å². The van der Waals surface area contributed by atoms with Crippen LogP contribution in [0, 0.1) is 11.6 Å². The number of anilines is 1. The Balaban J connectivity index is 2.41. The van der Waals surface area contributed by atoms with Gasteiger partial charge in [0.05, 0.1) is 11.3 Å². The van der Waals surface area contributed by atoms with Crippen LogP contribution in [-0.2, 0) is 11.0 Å². The van der Waals surface area contributed by atoms with E-state index >= 15 is 0 Å². The topological polar surface area (TPSA) is 29.1 Å². The van der Waals surface area contributed by atoms with Gasteiger partial charge in [0.25, 0.3) is 0 Å². The lowest BCUT2D eigenvalue weighted by Crippen LogP contribution is -2.07. The largest absolute Gasteiger partial charge is 0.419 e. The highest BCUT2D eigenvalue weighted by Crippen LogP contribution is 2.33. The third kappa shape index (κ3) is 3.18. The van der Waals surface area contributed by atoms with Gasteiger partial charge in [-0.3, -0.25) is 4.79 Å². The van der Waals surface area contributed by atoms with Crippen molar-refractivity contribution in [3.63, 3.8) is 0 Å². The fourth-order valence-corrected chi connectivity index (χ4v) is 1.80. The molecule has 2 aromatic rings. The van der Waals surface area contributed by atoms with E-state index in [-0.39, 0.29) is 23.2 Å². The molecule has 7 heteroatoms. The highest BCUT2D eigenvalue weighted by molar-refractivity contribution is 5.74. The van der Waals surface area contributed by atoms with Crippen LogP contribution in [0.3, 0.4) is 0 Å². The molecule has 2 nitrogen and oxygen atoms in total. The normalized spacial score (nSPS) is 11.3. The molecule has 0 aliphatic carbocycles. The Morgan fingerprint density at radius 3 is 1.95 bits per heavy atom. The Labute approximate surface area is 116 Å². The lowest BCUT2D eigenvalue weighted by atomic mass is 10.0. The first kappa shape index (κ1) is 15.0. The predicted octanol–water partition coefficient (Wildman–Crippen LogP) is 4.22. The Morgan fingerprint density at radius 2 is 1.48 bits per heavy atom. The monoisotopic (exact) mass is 301 g/mol. The Kier molecular flexibility index (Phi) is 3.93. The molecule has 0 heterocycles. The summed E-state index contributed by atoms with van der Waals surface area (Å²) in [6.45, 7) is 0. The van der Waals surface area contributed by atoms with Gasteiger partial charge in [0.15, 0.2) is 0 Å². The van der Waals surface area contributed by atoms with Gasteiger partial charge in [-0.15, -0.1) is 0 Å². The second-order valence-electron chi connectivity index (χ2n) is 4.15. The fourth-order valence-electron chi connectivity index (χ4n) is 1.80. The van der Waals surface area contributed by atoms with Crippen LogP contribution in [0.2, 0.25) is 0 Å². The van der Waals surface area contributed by atoms with Crippen molar-refractivity contribution in [2.45, 2.75) is 6.18 Å². The SMILES string of the molecule is O=CNc1ccc(-c2ccc(C(F)(F)F)c(F)c2)cc1F. The number of amides is 1. The minimum Gasteiger partial charge on any atom is -0.326 e. The molecule has 1 N–H and O–H groups in total. The minimum absolute atomic E-state index is 0.0823. The van der Waals surface area contributed by atoms with E-state index in [0.717, 1.165) is 12.1 Å². The molecule has 2 rings (SSSR count). The van der Waals surface area contributed by atoms with Gasteiger partial charge >= 0.3 is 6.18 Å². The minimum atomic E-state index is -4.79. The third-order valence-corrected chi connectivity index (χ3v) is 2.79. The highest BCUT2D eigenvalue weighted by atomic mass is 19.4. The molecule has 110 valence electrons. The Morgan fingerprint density at radius 1 is 0.905 bits per heavy atom. The van der Waals surface area contributed by atoms with Crippen LogP contribution in [0.1, 0.15) is 5.56 Å². The van der Waals surface area contributed by atoms with E-state index in [1.807, 2.05) is 0 Å². The van der Waals surface area contributed by atoms with E-state index in [1.165, 1.54) is 12.1 Å². The smallest absolute Gasteiger partial charge is 0.326 e. The molecule has 21 heavy (non-hydrogen) atoms. The number of alkyl halides is 3. The zero-order valence-electron chi connectivity index (χ0n) is 10.3. The number of hydrogen-bond donors (Lipinski definition) is 1. The first-order valence-electron chi connectivity index (χ1n) is 5.70. The summed E-state index contributed by atoms with van der Waals surface area (Å²) in [6, 6.07) is 5.91. The molecule has 0 saturated heterocycles. The molecule has 0 aliphatic heterocycles. The first-order chi connectivity index (χ1) is 9.82. The van der Waals surface area contributed by atoms with Crippen LogP contribution >= 0.6 is 0 Å². The number of nitrogens with one attached hydrogen (secondary N) is 1. The summed E-state index contributed by atoms with van der Waals surface area (Å²) < 4.78 is 64.4. The van der Waals surface area contributed by atoms with Crippen LogP contribution in [0.5, 0.6) is 0 Å². The van der Waals surface area contributed by atoms with E-state index in [2.05, 4.69) is 5.32 Å². The van der Waals surface area contributed by atoms with Gasteiger partial charge in [-0.05, 0) is 35.4 Å². The maximum atomic E-state index is 13.6. The summed E-state index contributed by atoms with van der Waals surface area (Å²) in [5.41, 5.74) is -1.18. The maximum absolute atomic E-state index is 13.6. The van der Waals surface area contributed by atoms with Gasteiger partial charge in [-0.25, -0.2) is 8.78 Å². The van der Waals surface area contributed by atoms with Crippen molar-refractivity contribution in [2.24, 2.45) is 0 Å². The van der Waals surface area contributed by atoms with Gasteiger partial charge in [0.2, 0.25) is 6.41 Å². The van der Waals surface area contributed by atoms with Crippen LogP contribution in [-0.4, -0.2) is 6.41 Å². The van der Waals surface area contributed by atoms with Crippen molar-refractivity contribution in [2.75, 3.05) is 5.32 Å². The zero-order chi connectivity index (χ0) is 15.6. The van der Waals surface area contributed by atoms with Gasteiger partial charge < -0.3 is 5.32 Å². The van der Waals surface area contributed by atoms with Crippen molar-refractivity contribution in [3.05, 3.63) is 53.6 Å². The highest BCUT2D eigenvalue weighted by Gasteiger charge is 2.33. The average Bonchev–Trinajstić information content (AvgIpc) is 2.39. The van der Waals surface area contributed by atoms with Crippen molar-refractivity contribution in [1.82, 2.24) is 0 Å². The van der Waals surface area contributed by atoms with Crippen molar-refractivity contribution >= 4 is 12.1 Å². The van der Waals surface area contributed by atoms with Crippen LogP contribution in [0.4, 0.5) is 27.6 Å². The van der Waals surface area contributed by atoms with E-state index < -0.39 is 23.4 Å². The number of halogens is 5. The molecular weight excluding hydrogens is 293 g/mol. The molecule has 0 fully saturated rings. The summed E-state index contributed by atoms with van der Waals surface area (Å²) in [4.78, 5) is 10.2. The molecule has 0 unspecified atom stereocenters. The number of carbonyl (C=O) groups is 1. The number of hydrogen-bond acceptors (Lipinski definition) is 1. The quantitative estimate of drug-likeness (QED) is 0.667. The van der Waals surface area contributed by atoms with Gasteiger partial charge in [0.1, 0.15) is 11.6 Å². The van der Waals surface area contributed by atoms with Crippen molar-refractivity contribution in [3.8, 4) is 11.1 Å². The second kappa shape index (κ2) is 5.51. The third-order valence-electron chi connectivity index (χ3n) is 2.79. The Hall–Kier alpha value is -2.44. The molecular formula is C14H8F5NO. The van der Waals surface area contributed by atoms with Crippen molar-refractivity contribution in [1.29, 1.82) is 0 Å². The molecule has 0 atom stereocenters. The first-order valence-corrected chi connectivity index (χ1v) is 5.70. The van der Waals surface area contributed by atoms with Gasteiger partial charge in [-0.1, -0.05) is 12.1 Å².